The Kier molecular flexibility index (Phi) is 6.28. The summed E-state index contributed by atoms with van der Waals surface area (Å²) in [5.41, 5.74) is -0.130. The molecule has 0 unspecified atom stereocenters. The average Bonchev–Trinajstić information content (AvgIpc) is 3.08. The number of hydrogen-bond acceptors (Lipinski definition) is 10. The van der Waals surface area contributed by atoms with E-state index >= 15 is 0 Å². The van der Waals surface area contributed by atoms with Gasteiger partial charge in [0.2, 0.25) is 0 Å². The molecule has 0 saturated carbocycles. The molecule has 0 aromatic carbocycles. The van der Waals surface area contributed by atoms with Crippen LogP contribution in [0.3, 0.4) is 0 Å². The summed E-state index contributed by atoms with van der Waals surface area (Å²) in [6.45, 7) is 3.24. The predicted molar refractivity (Wildman–Crippen MR) is 83.1 cm³/mol. The Labute approximate surface area is 148 Å². The van der Waals surface area contributed by atoms with E-state index in [2.05, 4.69) is 10.3 Å². The Balaban J connectivity index is 2.42. The first-order valence-electron chi connectivity index (χ1n) is 7.67. The number of hydrogen-bond donors (Lipinski definition) is 1. The molecule has 11 heteroatoms. The number of ether oxygens (including phenoxy) is 4. The van der Waals surface area contributed by atoms with Gasteiger partial charge in [-0.05, 0) is 6.07 Å². The summed E-state index contributed by atoms with van der Waals surface area (Å²) in [6, 6.07) is 1.61. The van der Waals surface area contributed by atoms with Crippen LogP contribution in [0.2, 0.25) is 0 Å². The van der Waals surface area contributed by atoms with Crippen LogP contribution in [-0.2, 0) is 33.3 Å². The Morgan fingerprint density at radius 3 is 2.42 bits per heavy atom. The van der Waals surface area contributed by atoms with E-state index in [9.17, 15) is 19.6 Å². The highest BCUT2D eigenvalue weighted by Crippen LogP contribution is 2.30. The van der Waals surface area contributed by atoms with Gasteiger partial charge in [-0.1, -0.05) is 5.16 Å². The maximum absolute atomic E-state index is 11.5. The second-order valence-electron chi connectivity index (χ2n) is 5.44. The van der Waals surface area contributed by atoms with Crippen molar-refractivity contribution in [2.75, 3.05) is 6.61 Å². The Morgan fingerprint density at radius 2 is 1.92 bits per heavy atom. The van der Waals surface area contributed by atoms with E-state index in [4.69, 9.17) is 18.9 Å². The number of aromatic nitrogens is 2. The summed E-state index contributed by atoms with van der Waals surface area (Å²) < 4.78 is 22.4. The molecular formula is C15H19N3O8. The molecule has 0 bridgehead atoms. The minimum atomic E-state index is -1.26. The second-order valence-corrected chi connectivity index (χ2v) is 5.44. The first-order valence-corrected chi connectivity index (χ1v) is 7.67. The monoisotopic (exact) mass is 369 g/mol. The highest BCUT2D eigenvalue weighted by molar-refractivity contribution is 5.93. The van der Waals surface area contributed by atoms with Crippen LogP contribution in [-0.4, -0.2) is 63.5 Å². The van der Waals surface area contributed by atoms with Crippen molar-refractivity contribution in [3.63, 3.8) is 0 Å². The van der Waals surface area contributed by atoms with Crippen molar-refractivity contribution in [1.29, 1.82) is 0 Å². The summed E-state index contributed by atoms with van der Waals surface area (Å²) in [5.74, 6) is -1.95. The molecule has 1 aromatic heterocycles. The van der Waals surface area contributed by atoms with Gasteiger partial charge in [-0.15, -0.1) is 0 Å². The topological polar surface area (TPSA) is 139 Å². The first-order chi connectivity index (χ1) is 12.3. The van der Waals surface area contributed by atoms with Crippen molar-refractivity contribution in [3.8, 4) is 0 Å². The minimum absolute atomic E-state index is 0.130. The maximum Gasteiger partial charge on any atom is 0.303 e. The summed E-state index contributed by atoms with van der Waals surface area (Å²) in [6.07, 6.45) is -1.49. The molecule has 0 spiro atoms. The SMILES string of the molecule is CC(=O)OC[C@H]1O[C@@H](n2cccn2)/C(=N\O)[C@@H](OC(C)=O)[C@@H]1OC(C)=O. The average molecular weight is 369 g/mol. The number of oxime groups is 1. The summed E-state index contributed by atoms with van der Waals surface area (Å²) in [7, 11) is 0. The minimum Gasteiger partial charge on any atom is -0.463 e. The molecule has 26 heavy (non-hydrogen) atoms. The molecule has 1 aliphatic heterocycles. The van der Waals surface area contributed by atoms with Gasteiger partial charge >= 0.3 is 17.9 Å². The van der Waals surface area contributed by atoms with Crippen molar-refractivity contribution in [2.24, 2.45) is 5.16 Å². The zero-order valence-corrected chi connectivity index (χ0v) is 14.4. The number of nitrogens with zero attached hydrogens (tertiary/aromatic N) is 3. The van der Waals surface area contributed by atoms with Crippen molar-refractivity contribution in [1.82, 2.24) is 9.78 Å². The third kappa shape index (κ3) is 4.57. The lowest BCUT2D eigenvalue weighted by molar-refractivity contribution is -0.196. The molecule has 11 nitrogen and oxygen atoms in total. The molecule has 1 N–H and O–H groups in total. The molecule has 1 saturated heterocycles. The fourth-order valence-corrected chi connectivity index (χ4v) is 2.51. The Hall–Kier alpha value is -2.95. The molecule has 1 aromatic rings. The number of esters is 3. The molecule has 0 radical (unpaired) electrons. The number of carbonyl (C=O) groups excluding carboxylic acids is 3. The van der Waals surface area contributed by atoms with Gasteiger partial charge in [-0.2, -0.15) is 5.10 Å². The lowest BCUT2D eigenvalue weighted by Crippen LogP contribution is -2.57. The van der Waals surface area contributed by atoms with E-state index in [1.165, 1.54) is 24.0 Å². The van der Waals surface area contributed by atoms with E-state index in [1.54, 1.807) is 6.07 Å². The van der Waals surface area contributed by atoms with E-state index in [0.29, 0.717) is 0 Å². The lowest BCUT2D eigenvalue weighted by Gasteiger charge is -2.40. The smallest absolute Gasteiger partial charge is 0.303 e. The number of carbonyl (C=O) groups is 3. The Morgan fingerprint density at radius 1 is 1.23 bits per heavy atom. The third-order valence-electron chi connectivity index (χ3n) is 3.44. The van der Waals surface area contributed by atoms with Crippen LogP contribution in [0.25, 0.3) is 0 Å². The molecule has 2 heterocycles. The van der Waals surface area contributed by atoms with Crippen LogP contribution in [0.5, 0.6) is 0 Å². The van der Waals surface area contributed by atoms with Crippen LogP contribution in [0.4, 0.5) is 0 Å². The fraction of sp³-hybridized carbons (Fsp3) is 0.533. The first kappa shape index (κ1) is 19.4. The highest BCUT2D eigenvalue weighted by atomic mass is 16.6. The largest absolute Gasteiger partial charge is 0.463 e. The van der Waals surface area contributed by atoms with Crippen LogP contribution in [0.15, 0.2) is 23.6 Å². The zero-order chi connectivity index (χ0) is 19.3. The normalized spacial score (nSPS) is 27.0. The van der Waals surface area contributed by atoms with Crippen molar-refractivity contribution >= 4 is 23.6 Å². The van der Waals surface area contributed by atoms with Gasteiger partial charge in [-0.25, -0.2) is 4.68 Å². The molecule has 4 atom stereocenters. The molecule has 0 amide bonds. The summed E-state index contributed by atoms with van der Waals surface area (Å²) in [4.78, 5) is 34.2. The highest BCUT2D eigenvalue weighted by Gasteiger charge is 2.49. The van der Waals surface area contributed by atoms with E-state index in [0.717, 1.165) is 13.8 Å². The van der Waals surface area contributed by atoms with Gasteiger partial charge < -0.3 is 24.2 Å². The fourth-order valence-electron chi connectivity index (χ4n) is 2.51. The van der Waals surface area contributed by atoms with Gasteiger partial charge in [0, 0.05) is 33.2 Å². The van der Waals surface area contributed by atoms with Gasteiger partial charge in [0.1, 0.15) is 12.7 Å². The summed E-state index contributed by atoms with van der Waals surface area (Å²) in [5, 5.41) is 16.6. The van der Waals surface area contributed by atoms with E-state index in [-0.39, 0.29) is 12.3 Å². The van der Waals surface area contributed by atoms with Crippen molar-refractivity contribution in [3.05, 3.63) is 18.5 Å². The van der Waals surface area contributed by atoms with Crippen LogP contribution in [0.1, 0.15) is 27.0 Å². The van der Waals surface area contributed by atoms with Crippen LogP contribution in [0, 0.1) is 0 Å². The van der Waals surface area contributed by atoms with Gasteiger partial charge in [0.25, 0.3) is 0 Å². The standard InChI is InChI=1S/C15H19N3O8/c1-8(19)23-7-11-13(24-9(2)20)14(25-10(3)21)12(17-22)15(26-11)18-6-4-5-16-18/h4-6,11,13-15,22H,7H2,1-3H3/b17-12-/t11-,13-,14-,15-/m1/s1. The molecule has 1 fully saturated rings. The maximum atomic E-state index is 11.5. The number of rotatable bonds is 5. The third-order valence-corrected chi connectivity index (χ3v) is 3.44. The Bertz CT molecular complexity index is 687. The van der Waals surface area contributed by atoms with Gasteiger partial charge in [0.05, 0.1) is 0 Å². The molecule has 142 valence electrons. The predicted octanol–water partition coefficient (Wildman–Crippen LogP) is 0.0372. The van der Waals surface area contributed by atoms with E-state index in [1.807, 2.05) is 0 Å². The molecule has 1 aliphatic rings. The quantitative estimate of drug-likeness (QED) is 0.330. The molecule has 0 aliphatic carbocycles. The van der Waals surface area contributed by atoms with Crippen LogP contribution >= 0.6 is 0 Å². The molecule has 2 rings (SSSR count). The molecular weight excluding hydrogens is 350 g/mol. The van der Waals surface area contributed by atoms with Crippen molar-refractivity contribution < 1.29 is 38.5 Å². The zero-order valence-electron chi connectivity index (χ0n) is 14.4. The van der Waals surface area contributed by atoms with Gasteiger partial charge in [-0.3, -0.25) is 14.4 Å². The lowest BCUT2D eigenvalue weighted by atomic mass is 9.98. The van der Waals surface area contributed by atoms with Crippen LogP contribution < -0.4 is 0 Å². The summed E-state index contributed by atoms with van der Waals surface area (Å²) >= 11 is 0. The van der Waals surface area contributed by atoms with Crippen molar-refractivity contribution in [2.45, 2.75) is 45.3 Å². The second kappa shape index (κ2) is 8.43. The van der Waals surface area contributed by atoms with E-state index < -0.39 is 42.4 Å². The van der Waals surface area contributed by atoms with Gasteiger partial charge in [0.15, 0.2) is 24.1 Å².